The fraction of sp³-hybridized carbons (Fsp3) is 0.522. The van der Waals surface area contributed by atoms with E-state index in [2.05, 4.69) is 22.2 Å². The fourth-order valence-electron chi connectivity index (χ4n) is 7.26. The van der Waals surface area contributed by atoms with E-state index in [1.165, 1.54) is 100 Å². The molecule has 1 aliphatic rings. The quantitative estimate of drug-likeness (QED) is 0.0428. The van der Waals surface area contributed by atoms with Gasteiger partial charge in [-0.25, -0.2) is 13.4 Å². The van der Waals surface area contributed by atoms with Crippen LogP contribution in [0.15, 0.2) is 65.6 Å². The summed E-state index contributed by atoms with van der Waals surface area (Å²) in [6.45, 7) is 6.07. The molecule has 5 aromatic rings. The van der Waals surface area contributed by atoms with Crippen molar-refractivity contribution in [1.29, 1.82) is 0 Å². The first kappa shape index (κ1) is 52.4. The monoisotopic (exact) mass is 962 g/mol. The third kappa shape index (κ3) is 17.3. The van der Waals surface area contributed by atoms with Gasteiger partial charge in [0.15, 0.2) is 11.5 Å². The second-order valence-electron chi connectivity index (χ2n) is 15.4. The molecule has 0 saturated carbocycles. The van der Waals surface area contributed by atoms with E-state index >= 15 is 0 Å². The molecule has 0 radical (unpaired) electrons. The van der Waals surface area contributed by atoms with Crippen LogP contribution in [-0.2, 0) is 24.3 Å². The van der Waals surface area contributed by atoms with Gasteiger partial charge in [-0.15, -0.1) is 11.3 Å². The van der Waals surface area contributed by atoms with Crippen molar-refractivity contribution < 1.29 is 88.0 Å². The van der Waals surface area contributed by atoms with Crippen molar-refractivity contribution in [1.82, 2.24) is 19.9 Å². The van der Waals surface area contributed by atoms with Crippen molar-refractivity contribution in [2.75, 3.05) is 69.6 Å². The first-order chi connectivity index (χ1) is 30.8. The van der Waals surface area contributed by atoms with E-state index in [4.69, 9.17) is 45.3 Å². The van der Waals surface area contributed by atoms with Crippen LogP contribution in [0, 0.1) is 0 Å². The topological polar surface area (TPSA) is 170 Å². The van der Waals surface area contributed by atoms with Crippen LogP contribution in [0.25, 0.3) is 20.8 Å². The maximum Gasteiger partial charge on any atom is 1.00 e. The van der Waals surface area contributed by atoms with Crippen LogP contribution in [0.5, 0.6) is 11.5 Å². The summed E-state index contributed by atoms with van der Waals surface area (Å²) in [5, 5.41) is 3.68. The Morgan fingerprint density at radius 1 is 0.688 bits per heavy atom. The van der Waals surface area contributed by atoms with Crippen LogP contribution in [0.2, 0.25) is 5.28 Å². The van der Waals surface area contributed by atoms with E-state index in [1.54, 1.807) is 0 Å². The summed E-state index contributed by atoms with van der Waals surface area (Å²) < 4.78 is 66.6. The zero-order valence-corrected chi connectivity index (χ0v) is 42.7. The van der Waals surface area contributed by atoms with Crippen LogP contribution < -0.4 is 71.1 Å². The number of rotatable bonds is 21. The number of nitrogens with one attached hydrogen (secondary N) is 1. The minimum atomic E-state index is -4.76. The van der Waals surface area contributed by atoms with Gasteiger partial charge in [0.05, 0.1) is 60.4 Å². The van der Waals surface area contributed by atoms with Crippen LogP contribution >= 0.6 is 22.9 Å². The summed E-state index contributed by atoms with van der Waals surface area (Å²) in [4.78, 5) is 20.2. The number of para-hydroxylation sites is 1. The van der Waals surface area contributed by atoms with E-state index < -0.39 is 10.1 Å². The predicted octanol–water partition coefficient (Wildman–Crippen LogP) is 7.89. The van der Waals surface area contributed by atoms with Gasteiger partial charge in [-0.1, -0.05) is 103 Å². The van der Waals surface area contributed by atoms with Crippen molar-refractivity contribution in [3.05, 3.63) is 65.9 Å². The molecule has 0 unspecified atom stereocenters. The summed E-state index contributed by atoms with van der Waals surface area (Å²) in [5.74, 6) is 1.50. The molecule has 64 heavy (non-hydrogen) atoms. The molecule has 14 nitrogen and oxygen atoms in total. The Balaban J connectivity index is 0.00000771. The van der Waals surface area contributed by atoms with Crippen molar-refractivity contribution in [2.24, 2.45) is 0 Å². The number of fused-ring (bicyclic) bond motifs is 2. The number of thiazole rings is 1. The van der Waals surface area contributed by atoms with Crippen molar-refractivity contribution in [3.63, 3.8) is 0 Å². The minimum absolute atomic E-state index is 0. The molecule has 0 saturated heterocycles. The first-order valence-electron chi connectivity index (χ1n) is 22.3. The summed E-state index contributed by atoms with van der Waals surface area (Å²) in [7, 11) is -4.76. The summed E-state index contributed by atoms with van der Waals surface area (Å²) in [6.07, 6.45) is 17.4. The molecule has 0 atom stereocenters. The van der Waals surface area contributed by atoms with E-state index in [0.717, 1.165) is 35.2 Å². The Labute approximate surface area is 429 Å². The van der Waals surface area contributed by atoms with Crippen LogP contribution in [0.1, 0.15) is 96.8 Å². The molecular weight excluding hydrogens is 903 g/mol. The zero-order valence-electron chi connectivity index (χ0n) is 37.2. The van der Waals surface area contributed by atoms with Crippen molar-refractivity contribution in [2.45, 2.75) is 102 Å². The third-order valence-corrected chi connectivity index (χ3v) is 12.6. The Morgan fingerprint density at radius 3 is 1.91 bits per heavy atom. The molecule has 2 aromatic heterocycles. The number of nitrogens with zero attached hydrogens (tertiary/aromatic N) is 5. The molecule has 6 rings (SSSR count). The molecule has 0 fully saturated rings. The number of hydrogen-bond acceptors (Lipinski definition) is 15. The average molecular weight is 964 g/mol. The first-order valence-corrected chi connectivity index (χ1v) is 24.9. The maximum absolute atomic E-state index is 12.1. The normalized spacial score (nSPS) is 14.0. The third-order valence-electron chi connectivity index (χ3n) is 10.6. The van der Waals surface area contributed by atoms with E-state index in [0.29, 0.717) is 93.1 Å². The number of unbranched alkanes of at least 4 members (excludes halogenated alkanes) is 13. The SMILES string of the molecule is CCCCCCCCCCCCCCCCN(c1ccc2c(c1)OCCOCCOCCOCCO2)c1nc(Cl)nc(Nc2ccc(S(=O)(=O)[O-])cc2-c2nc3ccccc3s2)n1.[K+]. The van der Waals surface area contributed by atoms with Gasteiger partial charge < -0.3 is 38.5 Å². The van der Waals surface area contributed by atoms with Gasteiger partial charge in [0, 0.05) is 23.9 Å². The molecule has 3 aromatic carbocycles. The molecule has 0 amide bonds. The minimum Gasteiger partial charge on any atom is -0.744 e. The van der Waals surface area contributed by atoms with Crippen LogP contribution in [0.3, 0.4) is 0 Å². The molecule has 0 bridgehead atoms. The molecule has 0 spiro atoms. The predicted molar refractivity (Wildman–Crippen MR) is 248 cm³/mol. The van der Waals surface area contributed by atoms with E-state index in [-0.39, 0.29) is 67.5 Å². The number of benzene rings is 3. The Morgan fingerprint density at radius 2 is 1.28 bits per heavy atom. The Bertz CT molecular complexity index is 2240. The number of hydrogen-bond donors (Lipinski definition) is 1. The van der Waals surface area contributed by atoms with Gasteiger partial charge in [0.2, 0.25) is 17.2 Å². The van der Waals surface area contributed by atoms with E-state index in [1.807, 2.05) is 47.4 Å². The summed E-state index contributed by atoms with van der Waals surface area (Å²) >= 11 is 8.02. The van der Waals surface area contributed by atoms with Crippen LogP contribution in [-0.4, -0.2) is 92.3 Å². The molecule has 0 aliphatic carbocycles. The standard InChI is InChI=1S/C46H61ClN6O8S2.K/c1-2-3-4-5-6-7-8-9-10-11-12-13-14-17-24-53(35-20-23-40-41(33-35)61-32-30-59-28-26-57-25-27-58-29-31-60-40)46-51-44(47)50-45(52-46)49-38-22-21-36(63(54,55)56)34-37(38)43-48-39-18-15-16-19-42(39)62-43;/h15-16,18-23,33-34H,2-14,17,24-32H2,1H3,(H,54,55,56)(H,49,50,51,52);/q;+1/p-1. The summed E-state index contributed by atoms with van der Waals surface area (Å²) in [6, 6.07) is 17.3. The molecular formula is C46H60ClKN6O8S2. The van der Waals surface area contributed by atoms with E-state index in [9.17, 15) is 13.0 Å². The average Bonchev–Trinajstić information content (AvgIpc) is 3.70. The molecule has 1 N–H and O–H groups in total. The largest absolute Gasteiger partial charge is 1.00 e. The second-order valence-corrected chi connectivity index (χ2v) is 18.2. The second kappa shape index (κ2) is 28.6. The van der Waals surface area contributed by atoms with Crippen molar-refractivity contribution in [3.8, 4) is 22.1 Å². The van der Waals surface area contributed by atoms with Gasteiger partial charge in [0.1, 0.15) is 28.3 Å². The van der Waals surface area contributed by atoms with Gasteiger partial charge in [-0.3, -0.25) is 0 Å². The Kier molecular flexibility index (Phi) is 23.4. The molecule has 3 heterocycles. The number of anilines is 4. The Hall–Kier alpha value is -2.52. The maximum atomic E-state index is 12.1. The fourth-order valence-corrected chi connectivity index (χ4v) is 8.91. The molecule has 18 heteroatoms. The van der Waals surface area contributed by atoms with Crippen LogP contribution in [0.4, 0.5) is 23.3 Å². The van der Waals surface area contributed by atoms with Gasteiger partial charge >= 0.3 is 51.4 Å². The summed E-state index contributed by atoms with van der Waals surface area (Å²) in [5.41, 5.74) is 2.32. The number of ether oxygens (including phenoxy) is 5. The number of halogens is 1. The molecule has 342 valence electrons. The smallest absolute Gasteiger partial charge is 0.744 e. The number of aromatic nitrogens is 4. The van der Waals surface area contributed by atoms with Gasteiger partial charge in [0.25, 0.3) is 0 Å². The van der Waals surface area contributed by atoms with Gasteiger partial charge in [-0.2, -0.15) is 15.0 Å². The van der Waals surface area contributed by atoms with Gasteiger partial charge in [-0.05, 0) is 60.5 Å². The van der Waals surface area contributed by atoms with Crippen molar-refractivity contribution >= 4 is 66.5 Å². The zero-order chi connectivity index (χ0) is 44.1. The molecule has 1 aliphatic heterocycles.